The largest absolute Gasteiger partial charge is 0.508 e. The third kappa shape index (κ3) is 4.17. The number of amides is 1. The Bertz CT molecular complexity index is 999. The second-order valence-electron chi connectivity index (χ2n) is 5.98. The van der Waals surface area contributed by atoms with Gasteiger partial charge in [-0.05, 0) is 54.1 Å². The zero-order valence-corrected chi connectivity index (χ0v) is 14.9. The molecule has 3 aromatic rings. The summed E-state index contributed by atoms with van der Waals surface area (Å²) in [5.74, 6) is -0.396. The smallest absolute Gasteiger partial charge is 0.338 e. The van der Waals surface area contributed by atoms with E-state index in [9.17, 15) is 14.7 Å². The van der Waals surface area contributed by atoms with Gasteiger partial charge in [0.1, 0.15) is 11.5 Å². The Kier molecular flexibility index (Phi) is 5.26. The molecule has 0 bridgehead atoms. The summed E-state index contributed by atoms with van der Waals surface area (Å²) in [6, 6.07) is 16.8. The van der Waals surface area contributed by atoms with Crippen molar-refractivity contribution in [1.29, 1.82) is 0 Å². The lowest BCUT2D eigenvalue weighted by Crippen LogP contribution is -2.30. The second kappa shape index (κ2) is 7.78. The Balaban J connectivity index is 1.69. The van der Waals surface area contributed by atoms with Gasteiger partial charge in [-0.2, -0.15) is 0 Å². The molecule has 1 amide bonds. The number of para-hydroxylation sites is 2. The summed E-state index contributed by atoms with van der Waals surface area (Å²) in [7, 11) is 1.51. The Morgan fingerprint density at radius 3 is 2.48 bits per heavy atom. The maximum absolute atomic E-state index is 12.4. The van der Waals surface area contributed by atoms with Gasteiger partial charge in [-0.1, -0.05) is 24.3 Å². The van der Waals surface area contributed by atoms with Crippen LogP contribution in [0.3, 0.4) is 0 Å². The number of methoxy groups -OCH3 is 1. The van der Waals surface area contributed by atoms with E-state index in [0.29, 0.717) is 17.0 Å². The number of hydrogen-bond acceptors (Lipinski definition) is 5. The van der Waals surface area contributed by atoms with Crippen LogP contribution in [0.25, 0.3) is 10.8 Å². The van der Waals surface area contributed by atoms with Crippen LogP contribution < -0.4 is 10.1 Å². The monoisotopic (exact) mass is 365 g/mol. The van der Waals surface area contributed by atoms with Gasteiger partial charge in [-0.25, -0.2) is 4.79 Å². The normalized spacial score (nSPS) is 11.6. The number of carbonyl (C=O) groups excluding carboxylic acids is 2. The standard InChI is InChI=1S/C21H19NO5/c1-13(20(24)22-18-5-3-4-6-19(18)26-2)27-21(25)16-8-7-15-12-17(23)10-9-14(15)11-16/h3-13,23H,1-2H3,(H,22,24). The molecular formula is C21H19NO5. The summed E-state index contributed by atoms with van der Waals surface area (Å²) in [5, 5.41) is 13.8. The van der Waals surface area contributed by atoms with Gasteiger partial charge in [-0.15, -0.1) is 0 Å². The first-order valence-corrected chi connectivity index (χ1v) is 8.35. The van der Waals surface area contributed by atoms with E-state index in [0.717, 1.165) is 10.8 Å². The molecule has 27 heavy (non-hydrogen) atoms. The highest BCUT2D eigenvalue weighted by molar-refractivity contribution is 5.99. The van der Waals surface area contributed by atoms with Gasteiger partial charge >= 0.3 is 5.97 Å². The number of phenolic OH excluding ortho intramolecular Hbond substituents is 1. The highest BCUT2D eigenvalue weighted by Gasteiger charge is 2.20. The van der Waals surface area contributed by atoms with Gasteiger partial charge in [0.2, 0.25) is 0 Å². The van der Waals surface area contributed by atoms with Crippen molar-refractivity contribution < 1.29 is 24.2 Å². The molecule has 3 rings (SSSR count). The van der Waals surface area contributed by atoms with E-state index in [4.69, 9.17) is 9.47 Å². The minimum Gasteiger partial charge on any atom is -0.508 e. The summed E-state index contributed by atoms with van der Waals surface area (Å²) in [5.41, 5.74) is 0.823. The predicted molar refractivity (Wildman–Crippen MR) is 102 cm³/mol. The van der Waals surface area contributed by atoms with Gasteiger partial charge in [-0.3, -0.25) is 4.79 Å². The number of fused-ring (bicyclic) bond motifs is 1. The van der Waals surface area contributed by atoms with Crippen molar-refractivity contribution in [3.63, 3.8) is 0 Å². The highest BCUT2D eigenvalue weighted by Crippen LogP contribution is 2.24. The maximum Gasteiger partial charge on any atom is 0.338 e. The summed E-state index contributed by atoms with van der Waals surface area (Å²) < 4.78 is 10.5. The number of benzene rings is 3. The first-order chi connectivity index (χ1) is 13.0. The zero-order chi connectivity index (χ0) is 19.4. The first kappa shape index (κ1) is 18.3. The summed E-state index contributed by atoms with van der Waals surface area (Å²) in [6.45, 7) is 1.50. The van der Waals surface area contributed by atoms with Crippen molar-refractivity contribution in [1.82, 2.24) is 0 Å². The molecule has 3 aromatic carbocycles. The Morgan fingerprint density at radius 2 is 1.70 bits per heavy atom. The molecular weight excluding hydrogens is 346 g/mol. The van der Waals surface area contributed by atoms with Gasteiger partial charge in [0.15, 0.2) is 6.10 Å². The van der Waals surface area contributed by atoms with Gasteiger partial charge in [0.05, 0.1) is 18.4 Å². The van der Waals surface area contributed by atoms with Crippen LogP contribution in [0.2, 0.25) is 0 Å². The topological polar surface area (TPSA) is 84.9 Å². The lowest BCUT2D eigenvalue weighted by atomic mass is 10.1. The van der Waals surface area contributed by atoms with E-state index >= 15 is 0 Å². The molecule has 0 aliphatic rings. The predicted octanol–water partition coefficient (Wildman–Crippen LogP) is 3.74. The molecule has 6 heteroatoms. The lowest BCUT2D eigenvalue weighted by Gasteiger charge is -2.15. The molecule has 0 saturated carbocycles. The van der Waals surface area contributed by atoms with E-state index in [2.05, 4.69) is 5.32 Å². The number of anilines is 1. The molecule has 0 saturated heterocycles. The lowest BCUT2D eigenvalue weighted by molar-refractivity contribution is -0.123. The average molecular weight is 365 g/mol. The molecule has 138 valence electrons. The van der Waals surface area contributed by atoms with E-state index in [-0.39, 0.29) is 5.75 Å². The molecule has 1 unspecified atom stereocenters. The fourth-order valence-corrected chi connectivity index (χ4v) is 2.62. The van der Waals surface area contributed by atoms with Crippen molar-refractivity contribution in [3.05, 3.63) is 66.2 Å². The average Bonchev–Trinajstić information content (AvgIpc) is 2.67. The molecule has 0 radical (unpaired) electrons. The van der Waals surface area contributed by atoms with Gasteiger partial charge in [0.25, 0.3) is 5.91 Å². The fraction of sp³-hybridized carbons (Fsp3) is 0.143. The first-order valence-electron chi connectivity index (χ1n) is 8.35. The Morgan fingerprint density at radius 1 is 1.00 bits per heavy atom. The summed E-state index contributed by atoms with van der Waals surface area (Å²) in [6.07, 6.45) is -0.988. The van der Waals surface area contributed by atoms with Crippen LogP contribution in [0.15, 0.2) is 60.7 Å². The molecule has 2 N–H and O–H groups in total. The van der Waals surface area contributed by atoms with Crippen LogP contribution in [-0.4, -0.2) is 30.2 Å². The number of nitrogens with one attached hydrogen (secondary N) is 1. The van der Waals surface area contributed by atoms with Crippen LogP contribution in [0.4, 0.5) is 5.69 Å². The van der Waals surface area contributed by atoms with Crippen LogP contribution in [0.5, 0.6) is 11.5 Å². The van der Waals surface area contributed by atoms with Gasteiger partial charge in [0, 0.05) is 0 Å². The van der Waals surface area contributed by atoms with Crippen molar-refractivity contribution in [2.45, 2.75) is 13.0 Å². The van der Waals surface area contributed by atoms with Crippen LogP contribution in [-0.2, 0) is 9.53 Å². The third-order valence-corrected chi connectivity index (χ3v) is 4.08. The number of hydrogen-bond donors (Lipinski definition) is 2. The van der Waals surface area contributed by atoms with E-state index in [1.807, 2.05) is 0 Å². The van der Waals surface area contributed by atoms with E-state index in [1.54, 1.807) is 60.7 Å². The fourth-order valence-electron chi connectivity index (χ4n) is 2.62. The van der Waals surface area contributed by atoms with Crippen LogP contribution in [0.1, 0.15) is 17.3 Å². The van der Waals surface area contributed by atoms with E-state index in [1.165, 1.54) is 14.0 Å². The molecule has 0 spiro atoms. The molecule has 0 aliphatic carbocycles. The number of aromatic hydroxyl groups is 1. The molecule has 0 heterocycles. The number of carbonyl (C=O) groups is 2. The number of ether oxygens (including phenoxy) is 2. The van der Waals surface area contributed by atoms with E-state index < -0.39 is 18.0 Å². The minimum absolute atomic E-state index is 0.152. The third-order valence-electron chi connectivity index (χ3n) is 4.08. The highest BCUT2D eigenvalue weighted by atomic mass is 16.5. The zero-order valence-electron chi connectivity index (χ0n) is 14.9. The number of esters is 1. The maximum atomic E-state index is 12.4. The number of rotatable bonds is 5. The summed E-state index contributed by atoms with van der Waals surface area (Å²) in [4.78, 5) is 24.7. The summed E-state index contributed by atoms with van der Waals surface area (Å²) >= 11 is 0. The quantitative estimate of drug-likeness (QED) is 0.673. The Labute approximate surface area is 156 Å². The Hall–Kier alpha value is -3.54. The van der Waals surface area contributed by atoms with Crippen molar-refractivity contribution >= 4 is 28.3 Å². The molecule has 6 nitrogen and oxygen atoms in total. The molecule has 0 aromatic heterocycles. The molecule has 1 atom stereocenters. The minimum atomic E-state index is -0.988. The molecule has 0 aliphatic heterocycles. The van der Waals surface area contributed by atoms with Crippen LogP contribution >= 0.6 is 0 Å². The van der Waals surface area contributed by atoms with Crippen molar-refractivity contribution in [3.8, 4) is 11.5 Å². The second-order valence-corrected chi connectivity index (χ2v) is 5.98. The van der Waals surface area contributed by atoms with Crippen molar-refractivity contribution in [2.75, 3.05) is 12.4 Å². The molecule has 0 fully saturated rings. The number of phenols is 1. The SMILES string of the molecule is COc1ccccc1NC(=O)C(C)OC(=O)c1ccc2cc(O)ccc2c1. The van der Waals surface area contributed by atoms with Crippen molar-refractivity contribution in [2.24, 2.45) is 0 Å². The van der Waals surface area contributed by atoms with Gasteiger partial charge < -0.3 is 19.9 Å². The van der Waals surface area contributed by atoms with Crippen LogP contribution in [0, 0.1) is 0 Å².